The number of hydrogen-bond acceptors (Lipinski definition) is 3. The van der Waals surface area contributed by atoms with Crippen molar-refractivity contribution in [3.05, 3.63) is 75.8 Å². The van der Waals surface area contributed by atoms with Crippen LogP contribution < -0.4 is 10.3 Å². The number of pyridine rings is 2. The van der Waals surface area contributed by atoms with Gasteiger partial charge < -0.3 is 4.74 Å². The Morgan fingerprint density at radius 1 is 1.14 bits per heavy atom. The summed E-state index contributed by atoms with van der Waals surface area (Å²) in [6.07, 6.45) is 3.52. The zero-order valence-electron chi connectivity index (χ0n) is 11.9. The van der Waals surface area contributed by atoms with Gasteiger partial charge in [-0.2, -0.15) is 0 Å². The predicted molar refractivity (Wildman–Crippen MR) is 89.5 cm³/mol. The number of rotatable bonds is 3. The second-order valence-electron chi connectivity index (χ2n) is 4.66. The lowest BCUT2D eigenvalue weighted by Crippen LogP contribution is -2.18. The fourth-order valence-corrected chi connectivity index (χ4v) is 2.59. The molecule has 3 rings (SSSR count). The van der Waals surface area contributed by atoms with E-state index < -0.39 is 0 Å². The molecular formula is C17H13BrN2O2. The molecule has 0 bridgehead atoms. The van der Waals surface area contributed by atoms with Crippen molar-refractivity contribution in [3.63, 3.8) is 0 Å². The average Bonchev–Trinajstić information content (AvgIpc) is 2.58. The standard InChI is InChI=1S/C17H13BrN2O2/c1-22-14-7-5-13(6-8-14)20-11-12(10-15(18)17(20)21)16-4-2-3-9-19-16/h2-11H,1H3. The summed E-state index contributed by atoms with van der Waals surface area (Å²) in [5, 5.41) is 0. The van der Waals surface area contributed by atoms with Crippen LogP contribution in [0.5, 0.6) is 5.75 Å². The first-order chi connectivity index (χ1) is 10.7. The Kier molecular flexibility index (Phi) is 4.06. The van der Waals surface area contributed by atoms with Gasteiger partial charge in [-0.05, 0) is 58.4 Å². The fourth-order valence-electron chi connectivity index (χ4n) is 2.16. The highest BCUT2D eigenvalue weighted by Gasteiger charge is 2.08. The Morgan fingerprint density at radius 2 is 1.91 bits per heavy atom. The highest BCUT2D eigenvalue weighted by Crippen LogP contribution is 2.21. The quantitative estimate of drug-likeness (QED) is 0.719. The summed E-state index contributed by atoms with van der Waals surface area (Å²) in [6.45, 7) is 0. The second-order valence-corrected chi connectivity index (χ2v) is 5.52. The lowest BCUT2D eigenvalue weighted by molar-refractivity contribution is 0.414. The lowest BCUT2D eigenvalue weighted by atomic mass is 10.2. The molecule has 2 heterocycles. The summed E-state index contributed by atoms with van der Waals surface area (Å²) < 4.78 is 7.23. The molecule has 1 aromatic carbocycles. The molecule has 0 amide bonds. The van der Waals surface area contributed by atoms with Gasteiger partial charge in [-0.25, -0.2) is 0 Å². The lowest BCUT2D eigenvalue weighted by Gasteiger charge is -2.10. The van der Waals surface area contributed by atoms with E-state index in [0.717, 1.165) is 22.7 Å². The molecule has 0 unspecified atom stereocenters. The van der Waals surface area contributed by atoms with E-state index in [-0.39, 0.29) is 5.56 Å². The van der Waals surface area contributed by atoms with Crippen LogP contribution in [0.15, 0.2) is 70.2 Å². The van der Waals surface area contributed by atoms with E-state index in [0.29, 0.717) is 4.47 Å². The molecule has 0 saturated carbocycles. The SMILES string of the molecule is COc1ccc(-n2cc(-c3ccccn3)cc(Br)c2=O)cc1. The van der Waals surface area contributed by atoms with Gasteiger partial charge >= 0.3 is 0 Å². The van der Waals surface area contributed by atoms with Crippen LogP contribution in [-0.4, -0.2) is 16.7 Å². The first kappa shape index (κ1) is 14.5. The molecule has 110 valence electrons. The third kappa shape index (κ3) is 2.80. The van der Waals surface area contributed by atoms with Crippen LogP contribution in [0.4, 0.5) is 0 Å². The van der Waals surface area contributed by atoms with Crippen LogP contribution in [0.2, 0.25) is 0 Å². The first-order valence-corrected chi connectivity index (χ1v) is 7.46. The smallest absolute Gasteiger partial charge is 0.269 e. The van der Waals surface area contributed by atoms with Crippen LogP contribution in [0.1, 0.15) is 0 Å². The first-order valence-electron chi connectivity index (χ1n) is 6.67. The topological polar surface area (TPSA) is 44.1 Å². The van der Waals surface area contributed by atoms with Crippen LogP contribution >= 0.6 is 15.9 Å². The van der Waals surface area contributed by atoms with Crippen molar-refractivity contribution in [1.82, 2.24) is 9.55 Å². The molecule has 2 aromatic heterocycles. The van der Waals surface area contributed by atoms with Crippen LogP contribution in [0.3, 0.4) is 0 Å². The Balaban J connectivity index is 2.14. The molecule has 0 aliphatic rings. The van der Waals surface area contributed by atoms with Crippen LogP contribution in [0.25, 0.3) is 16.9 Å². The number of halogens is 1. The molecule has 0 atom stereocenters. The largest absolute Gasteiger partial charge is 0.497 e. The third-order valence-corrected chi connectivity index (χ3v) is 3.85. The Hall–Kier alpha value is -2.40. The average molecular weight is 357 g/mol. The van der Waals surface area contributed by atoms with Crippen molar-refractivity contribution in [2.24, 2.45) is 0 Å². The summed E-state index contributed by atoms with van der Waals surface area (Å²) in [5.74, 6) is 0.747. The van der Waals surface area contributed by atoms with Gasteiger partial charge in [-0.1, -0.05) is 6.07 Å². The molecular weight excluding hydrogens is 344 g/mol. The molecule has 0 aliphatic heterocycles. The fraction of sp³-hybridized carbons (Fsp3) is 0.0588. The second kappa shape index (κ2) is 6.15. The van der Waals surface area contributed by atoms with Gasteiger partial charge in [0, 0.05) is 23.6 Å². The summed E-state index contributed by atoms with van der Waals surface area (Å²) in [6, 6.07) is 14.8. The molecule has 0 aliphatic carbocycles. The predicted octanol–water partition coefficient (Wildman–Crippen LogP) is 3.67. The van der Waals surface area contributed by atoms with E-state index in [1.165, 1.54) is 0 Å². The Labute approximate surface area is 136 Å². The maximum atomic E-state index is 12.4. The summed E-state index contributed by atoms with van der Waals surface area (Å²) >= 11 is 3.33. The van der Waals surface area contributed by atoms with Crippen molar-refractivity contribution in [2.45, 2.75) is 0 Å². The number of ether oxygens (including phenoxy) is 1. The molecule has 22 heavy (non-hydrogen) atoms. The van der Waals surface area contributed by atoms with Crippen molar-refractivity contribution < 1.29 is 4.74 Å². The van der Waals surface area contributed by atoms with Gasteiger partial charge in [0.25, 0.3) is 5.56 Å². The summed E-state index contributed by atoms with van der Waals surface area (Å²) in [7, 11) is 1.61. The molecule has 0 fully saturated rings. The van der Waals surface area contributed by atoms with Crippen LogP contribution in [-0.2, 0) is 0 Å². The molecule has 0 radical (unpaired) electrons. The van der Waals surface area contributed by atoms with E-state index in [2.05, 4.69) is 20.9 Å². The molecule has 5 heteroatoms. The molecule has 0 spiro atoms. The van der Waals surface area contributed by atoms with Gasteiger partial charge in [0.1, 0.15) is 5.75 Å². The summed E-state index contributed by atoms with van der Waals surface area (Å²) in [4.78, 5) is 16.7. The van der Waals surface area contributed by atoms with Gasteiger partial charge in [0.15, 0.2) is 0 Å². The van der Waals surface area contributed by atoms with E-state index in [9.17, 15) is 4.79 Å². The number of benzene rings is 1. The molecule has 0 saturated heterocycles. The highest BCUT2D eigenvalue weighted by atomic mass is 79.9. The maximum absolute atomic E-state index is 12.4. The highest BCUT2D eigenvalue weighted by molar-refractivity contribution is 9.10. The monoisotopic (exact) mass is 356 g/mol. The molecule has 4 nitrogen and oxygen atoms in total. The van der Waals surface area contributed by atoms with Gasteiger partial charge in [0.05, 0.1) is 17.3 Å². The van der Waals surface area contributed by atoms with Crippen LogP contribution in [0, 0.1) is 0 Å². The minimum atomic E-state index is -0.121. The van der Waals surface area contributed by atoms with Gasteiger partial charge in [0.2, 0.25) is 0 Å². The number of methoxy groups -OCH3 is 1. The van der Waals surface area contributed by atoms with Crippen molar-refractivity contribution >= 4 is 15.9 Å². The molecule has 0 N–H and O–H groups in total. The zero-order valence-corrected chi connectivity index (χ0v) is 13.4. The minimum Gasteiger partial charge on any atom is -0.497 e. The number of aromatic nitrogens is 2. The van der Waals surface area contributed by atoms with Gasteiger partial charge in [-0.3, -0.25) is 14.3 Å². The van der Waals surface area contributed by atoms with Crippen molar-refractivity contribution in [1.29, 1.82) is 0 Å². The third-order valence-electron chi connectivity index (χ3n) is 3.28. The summed E-state index contributed by atoms with van der Waals surface area (Å²) in [5.41, 5.74) is 2.32. The Morgan fingerprint density at radius 3 is 2.55 bits per heavy atom. The van der Waals surface area contributed by atoms with E-state index in [1.807, 2.05) is 42.5 Å². The Bertz CT molecular complexity index is 843. The number of hydrogen-bond donors (Lipinski definition) is 0. The van der Waals surface area contributed by atoms with E-state index in [1.54, 1.807) is 30.1 Å². The van der Waals surface area contributed by atoms with E-state index >= 15 is 0 Å². The normalized spacial score (nSPS) is 10.5. The van der Waals surface area contributed by atoms with Crippen molar-refractivity contribution in [3.8, 4) is 22.7 Å². The zero-order chi connectivity index (χ0) is 15.5. The number of nitrogens with zero attached hydrogens (tertiary/aromatic N) is 2. The van der Waals surface area contributed by atoms with E-state index in [4.69, 9.17) is 4.74 Å². The van der Waals surface area contributed by atoms with Gasteiger partial charge in [-0.15, -0.1) is 0 Å². The maximum Gasteiger partial charge on any atom is 0.269 e. The molecule has 3 aromatic rings. The minimum absolute atomic E-state index is 0.121. The van der Waals surface area contributed by atoms with Crippen molar-refractivity contribution in [2.75, 3.05) is 7.11 Å².